The van der Waals surface area contributed by atoms with Crippen LogP contribution in [0.3, 0.4) is 0 Å². The van der Waals surface area contributed by atoms with Gasteiger partial charge in [-0.15, -0.1) is 0 Å². The largest absolute Gasteiger partial charge is 0.396 e. The van der Waals surface area contributed by atoms with Crippen LogP contribution in [0.4, 0.5) is 0 Å². The minimum Gasteiger partial charge on any atom is -0.396 e. The molecule has 0 spiro atoms. The molecule has 16 heavy (non-hydrogen) atoms. The van der Waals surface area contributed by atoms with Gasteiger partial charge < -0.3 is 9.84 Å². The highest BCUT2D eigenvalue weighted by molar-refractivity contribution is 6.30. The van der Waals surface area contributed by atoms with Crippen LogP contribution in [0.2, 0.25) is 5.02 Å². The highest BCUT2D eigenvalue weighted by Gasteiger charge is 2.18. The van der Waals surface area contributed by atoms with E-state index in [9.17, 15) is 5.11 Å². The predicted molar refractivity (Wildman–Crippen MR) is 66.9 cm³/mol. The zero-order valence-corrected chi connectivity index (χ0v) is 10.6. The van der Waals surface area contributed by atoms with E-state index in [1.54, 1.807) is 7.11 Å². The lowest BCUT2D eigenvalue weighted by atomic mass is 9.86. The van der Waals surface area contributed by atoms with Crippen molar-refractivity contribution in [3.63, 3.8) is 0 Å². The van der Waals surface area contributed by atoms with Crippen LogP contribution in [0, 0.1) is 5.92 Å². The maximum absolute atomic E-state index is 9.46. The Hall–Kier alpha value is -0.570. The number of hydrogen-bond acceptors (Lipinski definition) is 2. The van der Waals surface area contributed by atoms with Crippen LogP contribution in [-0.4, -0.2) is 25.4 Å². The number of ether oxygens (including phenoxy) is 1. The second-order valence-electron chi connectivity index (χ2n) is 4.10. The Bertz CT molecular complexity index is 315. The first-order valence-electron chi connectivity index (χ1n) is 5.54. The number of aliphatic hydroxyl groups excluding tert-OH is 1. The van der Waals surface area contributed by atoms with Crippen LogP contribution < -0.4 is 0 Å². The van der Waals surface area contributed by atoms with Gasteiger partial charge in [0.25, 0.3) is 0 Å². The lowest BCUT2D eigenvalue weighted by Gasteiger charge is -2.22. The van der Waals surface area contributed by atoms with E-state index in [1.807, 2.05) is 24.3 Å². The van der Waals surface area contributed by atoms with Gasteiger partial charge in [-0.25, -0.2) is 0 Å². The molecule has 1 rings (SSSR count). The van der Waals surface area contributed by atoms with Gasteiger partial charge in [-0.05, 0) is 30.0 Å². The second-order valence-corrected chi connectivity index (χ2v) is 4.54. The van der Waals surface area contributed by atoms with Crippen molar-refractivity contribution in [1.82, 2.24) is 0 Å². The molecular formula is C13H19ClO2. The first-order valence-corrected chi connectivity index (χ1v) is 5.92. The van der Waals surface area contributed by atoms with Gasteiger partial charge in [-0.3, -0.25) is 0 Å². The Morgan fingerprint density at radius 2 is 2.19 bits per heavy atom. The summed E-state index contributed by atoms with van der Waals surface area (Å²) in [6.45, 7) is 2.99. The average Bonchev–Trinajstić information content (AvgIpc) is 2.27. The molecule has 2 unspecified atom stereocenters. The summed E-state index contributed by atoms with van der Waals surface area (Å²) in [6, 6.07) is 7.70. The minimum atomic E-state index is 0.133. The van der Waals surface area contributed by atoms with Gasteiger partial charge >= 0.3 is 0 Å². The zero-order valence-electron chi connectivity index (χ0n) is 9.82. The number of benzene rings is 1. The number of halogens is 1. The quantitative estimate of drug-likeness (QED) is 0.831. The minimum absolute atomic E-state index is 0.133. The van der Waals surface area contributed by atoms with E-state index in [2.05, 4.69) is 6.92 Å². The number of aliphatic hydroxyl groups is 1. The molecule has 1 aromatic carbocycles. The summed E-state index contributed by atoms with van der Waals surface area (Å²) in [5.74, 6) is 0.511. The lowest BCUT2D eigenvalue weighted by molar-refractivity contribution is 0.159. The standard InChI is InChI=1S/C13H19ClO2/c1-10(6-7-16-2)13(9-15)11-4-3-5-12(14)8-11/h3-5,8,10,13,15H,6-7,9H2,1-2H3. The highest BCUT2D eigenvalue weighted by atomic mass is 35.5. The molecule has 3 heteroatoms. The Balaban J connectivity index is 2.73. The Kier molecular flexibility index (Phi) is 5.81. The van der Waals surface area contributed by atoms with E-state index in [-0.39, 0.29) is 12.5 Å². The molecule has 90 valence electrons. The monoisotopic (exact) mass is 242 g/mol. The van der Waals surface area contributed by atoms with E-state index in [1.165, 1.54) is 0 Å². The number of methoxy groups -OCH3 is 1. The van der Waals surface area contributed by atoms with Crippen molar-refractivity contribution < 1.29 is 9.84 Å². The molecule has 0 amide bonds. The van der Waals surface area contributed by atoms with Crippen LogP contribution in [0.15, 0.2) is 24.3 Å². The van der Waals surface area contributed by atoms with Crippen LogP contribution in [0.1, 0.15) is 24.8 Å². The Morgan fingerprint density at radius 3 is 2.75 bits per heavy atom. The lowest BCUT2D eigenvalue weighted by Crippen LogP contribution is -2.15. The predicted octanol–water partition coefficient (Wildman–Crippen LogP) is 3.09. The summed E-state index contributed by atoms with van der Waals surface area (Å²) in [5.41, 5.74) is 1.10. The zero-order chi connectivity index (χ0) is 12.0. The summed E-state index contributed by atoms with van der Waals surface area (Å²) in [6.07, 6.45) is 0.939. The van der Waals surface area contributed by atoms with Crippen LogP contribution in [-0.2, 0) is 4.74 Å². The average molecular weight is 243 g/mol. The van der Waals surface area contributed by atoms with E-state index >= 15 is 0 Å². The molecule has 0 aromatic heterocycles. The molecule has 1 N–H and O–H groups in total. The second kappa shape index (κ2) is 6.89. The van der Waals surface area contributed by atoms with Gasteiger partial charge in [0, 0.05) is 24.7 Å². The molecular weight excluding hydrogens is 224 g/mol. The molecule has 0 aliphatic heterocycles. The van der Waals surface area contributed by atoms with Crippen molar-refractivity contribution in [3.8, 4) is 0 Å². The smallest absolute Gasteiger partial charge is 0.0502 e. The molecule has 0 aliphatic carbocycles. The van der Waals surface area contributed by atoms with Crippen molar-refractivity contribution in [2.75, 3.05) is 20.3 Å². The molecule has 0 saturated carbocycles. The highest BCUT2D eigenvalue weighted by Crippen LogP contribution is 2.28. The van der Waals surface area contributed by atoms with Crippen molar-refractivity contribution in [3.05, 3.63) is 34.9 Å². The third-order valence-electron chi connectivity index (χ3n) is 2.94. The van der Waals surface area contributed by atoms with Crippen molar-refractivity contribution in [2.45, 2.75) is 19.3 Å². The van der Waals surface area contributed by atoms with Gasteiger partial charge in [-0.1, -0.05) is 30.7 Å². The van der Waals surface area contributed by atoms with Gasteiger partial charge in [0.2, 0.25) is 0 Å². The fraction of sp³-hybridized carbons (Fsp3) is 0.538. The van der Waals surface area contributed by atoms with E-state index in [0.29, 0.717) is 5.92 Å². The van der Waals surface area contributed by atoms with Crippen LogP contribution in [0.5, 0.6) is 0 Å². The first kappa shape index (κ1) is 13.5. The molecule has 0 radical (unpaired) electrons. The van der Waals surface area contributed by atoms with Crippen molar-refractivity contribution >= 4 is 11.6 Å². The molecule has 1 aromatic rings. The van der Waals surface area contributed by atoms with Crippen molar-refractivity contribution in [2.24, 2.45) is 5.92 Å². The molecule has 0 heterocycles. The number of rotatable bonds is 6. The first-order chi connectivity index (χ1) is 7.69. The summed E-state index contributed by atoms with van der Waals surface area (Å²) in [7, 11) is 1.69. The normalized spacial score (nSPS) is 14.8. The molecule has 2 atom stereocenters. The molecule has 0 saturated heterocycles. The number of hydrogen-bond donors (Lipinski definition) is 1. The molecule has 0 bridgehead atoms. The van der Waals surface area contributed by atoms with Gasteiger partial charge in [0.15, 0.2) is 0 Å². The van der Waals surface area contributed by atoms with E-state index < -0.39 is 0 Å². The third kappa shape index (κ3) is 3.78. The van der Waals surface area contributed by atoms with Gasteiger partial charge in [0.1, 0.15) is 0 Å². The summed E-state index contributed by atoms with van der Waals surface area (Å²) in [5, 5.41) is 10.2. The molecule has 0 aliphatic rings. The maximum atomic E-state index is 9.46. The van der Waals surface area contributed by atoms with E-state index in [4.69, 9.17) is 16.3 Å². The van der Waals surface area contributed by atoms with Crippen LogP contribution >= 0.6 is 11.6 Å². The molecule has 2 nitrogen and oxygen atoms in total. The SMILES string of the molecule is COCCC(C)C(CO)c1cccc(Cl)c1. The van der Waals surface area contributed by atoms with Gasteiger partial charge in [0.05, 0.1) is 6.61 Å². The van der Waals surface area contributed by atoms with Crippen LogP contribution in [0.25, 0.3) is 0 Å². The topological polar surface area (TPSA) is 29.5 Å². The fourth-order valence-corrected chi connectivity index (χ4v) is 2.05. The summed E-state index contributed by atoms with van der Waals surface area (Å²) >= 11 is 5.95. The van der Waals surface area contributed by atoms with E-state index in [0.717, 1.165) is 23.6 Å². The summed E-state index contributed by atoms with van der Waals surface area (Å²) < 4.78 is 5.06. The molecule has 0 fully saturated rings. The maximum Gasteiger partial charge on any atom is 0.0502 e. The summed E-state index contributed by atoms with van der Waals surface area (Å²) in [4.78, 5) is 0. The Morgan fingerprint density at radius 1 is 1.44 bits per heavy atom. The van der Waals surface area contributed by atoms with Gasteiger partial charge in [-0.2, -0.15) is 0 Å². The van der Waals surface area contributed by atoms with Crippen molar-refractivity contribution in [1.29, 1.82) is 0 Å². The fourth-order valence-electron chi connectivity index (χ4n) is 1.86. The Labute approximate surface area is 102 Å². The third-order valence-corrected chi connectivity index (χ3v) is 3.17.